The summed E-state index contributed by atoms with van der Waals surface area (Å²) in [5.74, 6) is 0.258. The molecule has 1 amide bonds. The zero-order valence-corrected chi connectivity index (χ0v) is 11.4. The molecule has 4 heteroatoms. The summed E-state index contributed by atoms with van der Waals surface area (Å²) >= 11 is 0. The molecule has 0 bridgehead atoms. The summed E-state index contributed by atoms with van der Waals surface area (Å²) < 4.78 is 0. The van der Waals surface area contributed by atoms with Gasteiger partial charge in [-0.05, 0) is 20.0 Å². The molecule has 0 spiro atoms. The normalized spacial score (nSPS) is 17.4. The Hall–Kier alpha value is -0.610. The maximum Gasteiger partial charge on any atom is 0.236 e. The van der Waals surface area contributed by atoms with E-state index in [0.717, 1.165) is 32.7 Å². The summed E-state index contributed by atoms with van der Waals surface area (Å²) in [6, 6.07) is 0. The molecule has 1 aliphatic rings. The van der Waals surface area contributed by atoms with Crippen LogP contribution < -0.4 is 5.32 Å². The van der Waals surface area contributed by atoms with E-state index < -0.39 is 0 Å². The predicted octanol–water partition coefficient (Wildman–Crippen LogP) is 0.930. The second kappa shape index (κ2) is 8.48. The molecule has 0 atom stereocenters. The SMILES string of the molecule is CCCCCCNCC(=O)N1CCN(C)CC1. The van der Waals surface area contributed by atoms with Gasteiger partial charge < -0.3 is 15.1 Å². The van der Waals surface area contributed by atoms with E-state index in [1.165, 1.54) is 25.7 Å². The number of nitrogens with zero attached hydrogens (tertiary/aromatic N) is 2. The minimum absolute atomic E-state index is 0.258. The third-order valence-corrected chi connectivity index (χ3v) is 3.34. The minimum atomic E-state index is 0.258. The van der Waals surface area contributed by atoms with E-state index >= 15 is 0 Å². The van der Waals surface area contributed by atoms with Crippen LogP contribution in [0.1, 0.15) is 32.6 Å². The van der Waals surface area contributed by atoms with Crippen LogP contribution in [0.4, 0.5) is 0 Å². The van der Waals surface area contributed by atoms with Crippen LogP contribution in [0.2, 0.25) is 0 Å². The van der Waals surface area contributed by atoms with Gasteiger partial charge in [-0.1, -0.05) is 26.2 Å². The van der Waals surface area contributed by atoms with E-state index in [1.807, 2.05) is 4.90 Å². The van der Waals surface area contributed by atoms with Crippen molar-refractivity contribution in [2.45, 2.75) is 32.6 Å². The first kappa shape index (κ1) is 14.5. The van der Waals surface area contributed by atoms with Crippen LogP contribution in [0.15, 0.2) is 0 Å². The molecular weight excluding hydrogens is 214 g/mol. The smallest absolute Gasteiger partial charge is 0.236 e. The molecule has 1 rings (SSSR count). The van der Waals surface area contributed by atoms with Gasteiger partial charge in [0.05, 0.1) is 6.54 Å². The molecule has 0 saturated carbocycles. The molecule has 0 aromatic rings. The maximum atomic E-state index is 11.8. The van der Waals surface area contributed by atoms with Gasteiger partial charge in [0.2, 0.25) is 5.91 Å². The molecule has 0 aliphatic carbocycles. The van der Waals surface area contributed by atoms with E-state index in [4.69, 9.17) is 0 Å². The quantitative estimate of drug-likeness (QED) is 0.674. The van der Waals surface area contributed by atoms with E-state index in [0.29, 0.717) is 6.54 Å². The van der Waals surface area contributed by atoms with Crippen molar-refractivity contribution in [2.24, 2.45) is 0 Å². The Morgan fingerprint density at radius 1 is 1.12 bits per heavy atom. The number of amides is 1. The highest BCUT2D eigenvalue weighted by molar-refractivity contribution is 5.78. The Morgan fingerprint density at radius 2 is 1.82 bits per heavy atom. The lowest BCUT2D eigenvalue weighted by molar-refractivity contribution is -0.131. The summed E-state index contributed by atoms with van der Waals surface area (Å²) in [6.45, 7) is 7.46. The number of nitrogens with one attached hydrogen (secondary N) is 1. The zero-order valence-electron chi connectivity index (χ0n) is 11.4. The van der Waals surface area contributed by atoms with Crippen LogP contribution >= 0.6 is 0 Å². The van der Waals surface area contributed by atoms with Crippen molar-refractivity contribution in [1.82, 2.24) is 15.1 Å². The van der Waals surface area contributed by atoms with Crippen LogP contribution in [0.25, 0.3) is 0 Å². The summed E-state index contributed by atoms with van der Waals surface area (Å²) in [6.07, 6.45) is 5.02. The zero-order chi connectivity index (χ0) is 12.5. The first-order valence-corrected chi connectivity index (χ1v) is 6.91. The van der Waals surface area contributed by atoms with Crippen molar-refractivity contribution in [3.05, 3.63) is 0 Å². The molecule has 0 aromatic heterocycles. The van der Waals surface area contributed by atoms with Crippen LogP contribution in [-0.4, -0.2) is 62.0 Å². The van der Waals surface area contributed by atoms with Crippen molar-refractivity contribution in [2.75, 3.05) is 46.3 Å². The van der Waals surface area contributed by atoms with Gasteiger partial charge in [0, 0.05) is 26.2 Å². The molecule has 0 unspecified atom stereocenters. The van der Waals surface area contributed by atoms with Gasteiger partial charge in [-0.2, -0.15) is 0 Å². The number of likely N-dealkylation sites (N-methyl/N-ethyl adjacent to an activating group) is 1. The molecule has 100 valence electrons. The molecule has 1 aliphatic heterocycles. The average Bonchev–Trinajstić information content (AvgIpc) is 2.34. The highest BCUT2D eigenvalue weighted by Gasteiger charge is 2.17. The van der Waals surface area contributed by atoms with Gasteiger partial charge in [0.25, 0.3) is 0 Å². The van der Waals surface area contributed by atoms with Crippen LogP contribution in [0.5, 0.6) is 0 Å². The Morgan fingerprint density at radius 3 is 2.47 bits per heavy atom. The topological polar surface area (TPSA) is 35.6 Å². The average molecular weight is 241 g/mol. The lowest BCUT2D eigenvalue weighted by Gasteiger charge is -2.32. The lowest BCUT2D eigenvalue weighted by atomic mass is 10.2. The van der Waals surface area contributed by atoms with Crippen molar-refractivity contribution in [1.29, 1.82) is 0 Å². The van der Waals surface area contributed by atoms with Gasteiger partial charge >= 0.3 is 0 Å². The third-order valence-electron chi connectivity index (χ3n) is 3.34. The Kier molecular flexibility index (Phi) is 7.21. The summed E-state index contributed by atoms with van der Waals surface area (Å²) in [7, 11) is 2.10. The predicted molar refractivity (Wildman–Crippen MR) is 71.1 cm³/mol. The lowest BCUT2D eigenvalue weighted by Crippen LogP contribution is -2.49. The molecule has 0 radical (unpaired) electrons. The van der Waals surface area contributed by atoms with Gasteiger partial charge in [-0.25, -0.2) is 0 Å². The molecule has 1 fully saturated rings. The summed E-state index contributed by atoms with van der Waals surface area (Å²) in [5.41, 5.74) is 0. The van der Waals surface area contributed by atoms with E-state index in [2.05, 4.69) is 24.2 Å². The largest absolute Gasteiger partial charge is 0.339 e. The molecule has 4 nitrogen and oxygen atoms in total. The van der Waals surface area contributed by atoms with E-state index in [9.17, 15) is 4.79 Å². The fourth-order valence-electron chi connectivity index (χ4n) is 2.04. The summed E-state index contributed by atoms with van der Waals surface area (Å²) in [5, 5.41) is 3.25. The Labute approximate surface area is 105 Å². The van der Waals surface area contributed by atoms with E-state index in [1.54, 1.807) is 0 Å². The van der Waals surface area contributed by atoms with Gasteiger partial charge in [0.15, 0.2) is 0 Å². The van der Waals surface area contributed by atoms with Crippen molar-refractivity contribution in [3.63, 3.8) is 0 Å². The molecular formula is C13H27N3O. The van der Waals surface area contributed by atoms with E-state index in [-0.39, 0.29) is 5.91 Å². The highest BCUT2D eigenvalue weighted by atomic mass is 16.2. The standard InChI is InChI=1S/C13H27N3O/c1-3-4-5-6-7-14-12-13(17)16-10-8-15(2)9-11-16/h14H,3-12H2,1-2H3. The number of piperazine rings is 1. The highest BCUT2D eigenvalue weighted by Crippen LogP contribution is 1.99. The van der Waals surface area contributed by atoms with Crippen molar-refractivity contribution >= 4 is 5.91 Å². The maximum absolute atomic E-state index is 11.8. The molecule has 17 heavy (non-hydrogen) atoms. The number of carbonyl (C=O) groups is 1. The second-order valence-corrected chi connectivity index (χ2v) is 4.92. The number of hydrogen-bond donors (Lipinski definition) is 1. The van der Waals surface area contributed by atoms with Gasteiger partial charge in [0.1, 0.15) is 0 Å². The monoisotopic (exact) mass is 241 g/mol. The number of hydrogen-bond acceptors (Lipinski definition) is 3. The first-order valence-electron chi connectivity index (χ1n) is 6.91. The van der Waals surface area contributed by atoms with Gasteiger partial charge in [-0.15, -0.1) is 0 Å². The fourth-order valence-corrected chi connectivity index (χ4v) is 2.04. The van der Waals surface area contributed by atoms with Gasteiger partial charge in [-0.3, -0.25) is 4.79 Å². The van der Waals surface area contributed by atoms with Crippen LogP contribution in [0, 0.1) is 0 Å². The first-order chi connectivity index (χ1) is 8.24. The summed E-state index contributed by atoms with van der Waals surface area (Å²) in [4.78, 5) is 16.1. The molecule has 1 saturated heterocycles. The Balaban J connectivity index is 2.01. The van der Waals surface area contributed by atoms with Crippen molar-refractivity contribution < 1.29 is 4.79 Å². The molecule has 1 N–H and O–H groups in total. The Bertz CT molecular complexity index is 213. The van der Waals surface area contributed by atoms with Crippen LogP contribution in [0.3, 0.4) is 0 Å². The molecule has 1 heterocycles. The number of unbranched alkanes of at least 4 members (excludes halogenated alkanes) is 3. The third kappa shape index (κ3) is 6.03. The fraction of sp³-hybridized carbons (Fsp3) is 0.923. The number of rotatable bonds is 7. The van der Waals surface area contributed by atoms with Crippen molar-refractivity contribution in [3.8, 4) is 0 Å². The van der Waals surface area contributed by atoms with Crippen LogP contribution in [-0.2, 0) is 4.79 Å². The number of carbonyl (C=O) groups excluding carboxylic acids is 1. The second-order valence-electron chi connectivity index (χ2n) is 4.92. The minimum Gasteiger partial charge on any atom is -0.339 e. The molecule has 0 aromatic carbocycles.